The molecular formula is C22H24N2O3. The summed E-state index contributed by atoms with van der Waals surface area (Å²) >= 11 is 0. The van der Waals surface area contributed by atoms with Crippen molar-refractivity contribution in [1.29, 1.82) is 0 Å². The largest absolute Gasteiger partial charge is 0.484 e. The summed E-state index contributed by atoms with van der Waals surface area (Å²) in [4.78, 5) is 26.7. The van der Waals surface area contributed by atoms with Gasteiger partial charge in [0, 0.05) is 19.5 Å². The molecule has 1 spiro atoms. The molecule has 2 aliphatic rings. The molecule has 2 heterocycles. The molecule has 1 unspecified atom stereocenters. The first-order chi connectivity index (χ1) is 13.2. The van der Waals surface area contributed by atoms with Gasteiger partial charge in [-0.2, -0.15) is 0 Å². The van der Waals surface area contributed by atoms with E-state index < -0.39 is 5.60 Å². The molecule has 4 rings (SSSR count). The van der Waals surface area contributed by atoms with Gasteiger partial charge in [0.15, 0.2) is 5.78 Å². The average molecular weight is 364 g/mol. The second-order valence-electron chi connectivity index (χ2n) is 7.37. The molecule has 0 saturated carbocycles. The van der Waals surface area contributed by atoms with E-state index in [2.05, 4.69) is 17.4 Å². The SMILES string of the molecule is O=C1CC2(CCN(C(=O)NCCCc3ccccc3)C2)Oc2ccccc21. The van der Waals surface area contributed by atoms with Crippen LogP contribution in [-0.4, -0.2) is 41.9 Å². The van der Waals surface area contributed by atoms with Gasteiger partial charge in [-0.05, 0) is 30.5 Å². The van der Waals surface area contributed by atoms with E-state index in [1.165, 1.54) is 5.56 Å². The topological polar surface area (TPSA) is 58.6 Å². The fraction of sp³-hybridized carbons (Fsp3) is 0.364. The normalized spacial score (nSPS) is 21.0. The minimum Gasteiger partial charge on any atom is -0.484 e. The molecule has 2 aliphatic heterocycles. The highest BCUT2D eigenvalue weighted by Gasteiger charge is 2.46. The van der Waals surface area contributed by atoms with E-state index in [9.17, 15) is 9.59 Å². The molecule has 0 aliphatic carbocycles. The number of aryl methyl sites for hydroxylation is 1. The van der Waals surface area contributed by atoms with Gasteiger partial charge in [-0.15, -0.1) is 0 Å². The maximum absolute atomic E-state index is 12.5. The van der Waals surface area contributed by atoms with Crippen LogP contribution >= 0.6 is 0 Å². The van der Waals surface area contributed by atoms with Crippen LogP contribution in [0.2, 0.25) is 0 Å². The van der Waals surface area contributed by atoms with Gasteiger partial charge in [0.25, 0.3) is 0 Å². The first-order valence-electron chi connectivity index (χ1n) is 9.53. The molecule has 5 nitrogen and oxygen atoms in total. The highest BCUT2D eigenvalue weighted by molar-refractivity contribution is 6.00. The molecule has 5 heteroatoms. The van der Waals surface area contributed by atoms with E-state index in [1.54, 1.807) is 11.0 Å². The Morgan fingerprint density at radius 1 is 1.11 bits per heavy atom. The Labute approximate surface area is 159 Å². The second kappa shape index (κ2) is 7.43. The van der Waals surface area contributed by atoms with Crippen LogP contribution in [0.25, 0.3) is 0 Å². The zero-order valence-electron chi connectivity index (χ0n) is 15.3. The standard InChI is InChI=1S/C22H24N2O3/c25-19-15-22(27-20-11-5-4-10-18(19)20)12-14-24(16-22)21(26)23-13-6-9-17-7-2-1-3-8-17/h1-5,7-8,10-11H,6,9,12-16H2,(H,23,26). The van der Waals surface area contributed by atoms with Crippen LogP contribution in [0.3, 0.4) is 0 Å². The molecule has 0 aromatic heterocycles. The van der Waals surface area contributed by atoms with Crippen molar-refractivity contribution in [3.63, 3.8) is 0 Å². The number of urea groups is 1. The number of hydrogen-bond acceptors (Lipinski definition) is 3. The number of carbonyl (C=O) groups is 2. The van der Waals surface area contributed by atoms with Gasteiger partial charge in [0.1, 0.15) is 11.4 Å². The summed E-state index contributed by atoms with van der Waals surface area (Å²) in [6.45, 7) is 1.71. The molecule has 2 amide bonds. The molecule has 1 fully saturated rings. The van der Waals surface area contributed by atoms with Crippen LogP contribution < -0.4 is 10.1 Å². The number of ketones is 1. The quantitative estimate of drug-likeness (QED) is 0.846. The zero-order valence-corrected chi connectivity index (χ0v) is 15.3. The van der Waals surface area contributed by atoms with Gasteiger partial charge in [-0.1, -0.05) is 42.5 Å². The second-order valence-corrected chi connectivity index (χ2v) is 7.37. The number of fused-ring (bicyclic) bond motifs is 1. The van der Waals surface area contributed by atoms with E-state index >= 15 is 0 Å². The lowest BCUT2D eigenvalue weighted by Gasteiger charge is -2.34. The lowest BCUT2D eigenvalue weighted by atomic mass is 9.89. The molecule has 1 saturated heterocycles. The minimum absolute atomic E-state index is 0.0742. The lowest BCUT2D eigenvalue weighted by molar-refractivity contribution is 0.0478. The number of carbonyl (C=O) groups excluding carboxylic acids is 2. The minimum atomic E-state index is -0.577. The zero-order chi connectivity index (χ0) is 18.7. The van der Waals surface area contributed by atoms with Gasteiger partial charge in [0.2, 0.25) is 0 Å². The predicted molar refractivity (Wildman–Crippen MR) is 103 cm³/mol. The highest BCUT2D eigenvalue weighted by Crippen LogP contribution is 2.38. The number of nitrogens with one attached hydrogen (secondary N) is 1. The number of benzene rings is 2. The van der Waals surface area contributed by atoms with E-state index in [-0.39, 0.29) is 11.8 Å². The van der Waals surface area contributed by atoms with Crippen LogP contribution in [0.4, 0.5) is 4.79 Å². The van der Waals surface area contributed by atoms with Crippen LogP contribution in [0, 0.1) is 0 Å². The van der Waals surface area contributed by atoms with Crippen molar-refractivity contribution in [2.24, 2.45) is 0 Å². The van der Waals surface area contributed by atoms with Gasteiger partial charge in [-0.25, -0.2) is 4.79 Å². The molecular weight excluding hydrogens is 340 g/mol. The maximum Gasteiger partial charge on any atom is 0.317 e. The predicted octanol–water partition coefficient (Wildman–Crippen LogP) is 3.44. The molecule has 2 aromatic carbocycles. The summed E-state index contributed by atoms with van der Waals surface area (Å²) in [6.07, 6.45) is 2.86. The van der Waals surface area contributed by atoms with Gasteiger partial charge in [-0.3, -0.25) is 4.79 Å². The molecule has 2 aromatic rings. The van der Waals surface area contributed by atoms with E-state index in [4.69, 9.17) is 4.74 Å². The first-order valence-corrected chi connectivity index (χ1v) is 9.53. The number of para-hydroxylation sites is 1. The average Bonchev–Trinajstić information content (AvgIpc) is 3.09. The highest BCUT2D eigenvalue weighted by atomic mass is 16.5. The number of rotatable bonds is 4. The summed E-state index contributed by atoms with van der Waals surface area (Å²) in [5.74, 6) is 0.737. The van der Waals surface area contributed by atoms with Gasteiger partial charge < -0.3 is 15.0 Å². The van der Waals surface area contributed by atoms with Crippen LogP contribution in [0.1, 0.15) is 35.2 Å². The lowest BCUT2D eigenvalue weighted by Crippen LogP contribution is -2.47. The van der Waals surface area contributed by atoms with Crippen molar-refractivity contribution in [2.45, 2.75) is 31.3 Å². The summed E-state index contributed by atoms with van der Waals surface area (Å²) in [7, 11) is 0. The molecule has 0 bridgehead atoms. The van der Waals surface area contributed by atoms with Crippen LogP contribution in [-0.2, 0) is 6.42 Å². The Kier molecular flexibility index (Phi) is 4.84. The summed E-state index contributed by atoms with van der Waals surface area (Å²) < 4.78 is 6.17. The van der Waals surface area contributed by atoms with E-state index in [0.29, 0.717) is 43.8 Å². The fourth-order valence-electron chi connectivity index (χ4n) is 3.93. The number of hydrogen-bond donors (Lipinski definition) is 1. The van der Waals surface area contributed by atoms with Crippen molar-refractivity contribution in [3.8, 4) is 5.75 Å². The van der Waals surface area contributed by atoms with Crippen molar-refractivity contribution in [2.75, 3.05) is 19.6 Å². The Balaban J connectivity index is 1.29. The summed E-state index contributed by atoms with van der Waals surface area (Å²) in [5, 5.41) is 2.99. The monoisotopic (exact) mass is 364 g/mol. The van der Waals surface area contributed by atoms with Crippen molar-refractivity contribution < 1.29 is 14.3 Å². The van der Waals surface area contributed by atoms with Crippen molar-refractivity contribution in [3.05, 3.63) is 65.7 Å². The van der Waals surface area contributed by atoms with Crippen molar-refractivity contribution in [1.82, 2.24) is 10.2 Å². The number of nitrogens with zero attached hydrogens (tertiary/aromatic N) is 1. The first kappa shape index (κ1) is 17.6. The number of Topliss-reactive ketones (excluding diaryl/α,β-unsaturated/α-hetero) is 1. The van der Waals surface area contributed by atoms with Crippen LogP contribution in [0.5, 0.6) is 5.75 Å². The maximum atomic E-state index is 12.5. The third-order valence-electron chi connectivity index (χ3n) is 5.36. The van der Waals surface area contributed by atoms with Crippen molar-refractivity contribution >= 4 is 11.8 Å². The van der Waals surface area contributed by atoms with E-state index in [0.717, 1.165) is 12.8 Å². The number of amides is 2. The fourth-order valence-corrected chi connectivity index (χ4v) is 3.93. The molecule has 140 valence electrons. The van der Waals surface area contributed by atoms with E-state index in [1.807, 2.05) is 36.4 Å². The summed E-state index contributed by atoms with van der Waals surface area (Å²) in [6, 6.07) is 17.5. The Hall–Kier alpha value is -2.82. The summed E-state index contributed by atoms with van der Waals surface area (Å²) in [5.41, 5.74) is 1.35. The van der Waals surface area contributed by atoms with Crippen LogP contribution in [0.15, 0.2) is 54.6 Å². The Bertz CT molecular complexity index is 836. The molecule has 1 atom stereocenters. The Morgan fingerprint density at radius 2 is 1.89 bits per heavy atom. The number of likely N-dealkylation sites (tertiary alicyclic amines) is 1. The smallest absolute Gasteiger partial charge is 0.317 e. The Morgan fingerprint density at radius 3 is 2.74 bits per heavy atom. The van der Waals surface area contributed by atoms with Gasteiger partial charge >= 0.3 is 6.03 Å². The molecule has 1 N–H and O–H groups in total. The third-order valence-corrected chi connectivity index (χ3v) is 5.36. The number of ether oxygens (including phenoxy) is 1. The molecule has 27 heavy (non-hydrogen) atoms. The molecule has 0 radical (unpaired) electrons. The third kappa shape index (κ3) is 3.82. The van der Waals surface area contributed by atoms with Gasteiger partial charge in [0.05, 0.1) is 18.5 Å².